The van der Waals surface area contributed by atoms with Crippen molar-refractivity contribution in [1.82, 2.24) is 20.6 Å². The van der Waals surface area contributed by atoms with Gasteiger partial charge < -0.3 is 16.0 Å². The van der Waals surface area contributed by atoms with E-state index in [-0.39, 0.29) is 12.0 Å². The van der Waals surface area contributed by atoms with Gasteiger partial charge in [0.15, 0.2) is 0 Å². The van der Waals surface area contributed by atoms with Crippen LogP contribution in [0.4, 0.5) is 19.5 Å². The van der Waals surface area contributed by atoms with Crippen LogP contribution in [0.15, 0.2) is 36.7 Å². The molecule has 1 aromatic heterocycles. The molecule has 0 fully saturated rings. The highest BCUT2D eigenvalue weighted by atomic mass is 19.1. The Labute approximate surface area is 138 Å². The molecule has 128 valence electrons. The third kappa shape index (κ3) is 5.45. The van der Waals surface area contributed by atoms with Crippen molar-refractivity contribution in [3.63, 3.8) is 0 Å². The van der Waals surface area contributed by atoms with E-state index in [9.17, 15) is 13.6 Å². The zero-order valence-corrected chi connectivity index (χ0v) is 13.2. The van der Waals surface area contributed by atoms with Gasteiger partial charge in [0.25, 0.3) is 0 Å². The van der Waals surface area contributed by atoms with Crippen molar-refractivity contribution in [3.8, 4) is 0 Å². The SMILES string of the molecule is C[C@H](Cc1c(F)cccc1F)NC(=O)NCCNc1ncccn1. The lowest BCUT2D eigenvalue weighted by molar-refractivity contribution is 0.238. The summed E-state index contributed by atoms with van der Waals surface area (Å²) < 4.78 is 27.1. The largest absolute Gasteiger partial charge is 0.352 e. The van der Waals surface area contributed by atoms with Gasteiger partial charge in [-0.1, -0.05) is 6.07 Å². The highest BCUT2D eigenvalue weighted by Crippen LogP contribution is 2.14. The number of amides is 2. The molecule has 1 aromatic carbocycles. The van der Waals surface area contributed by atoms with Crippen LogP contribution in [0.2, 0.25) is 0 Å². The summed E-state index contributed by atoms with van der Waals surface area (Å²) in [7, 11) is 0. The number of nitrogens with zero attached hydrogens (tertiary/aromatic N) is 2. The van der Waals surface area contributed by atoms with Crippen LogP contribution >= 0.6 is 0 Å². The molecule has 8 heteroatoms. The second kappa shape index (κ2) is 8.76. The number of hydrogen-bond acceptors (Lipinski definition) is 4. The number of halogens is 2. The first-order valence-electron chi connectivity index (χ1n) is 7.54. The third-order valence-corrected chi connectivity index (χ3v) is 3.21. The number of nitrogens with one attached hydrogen (secondary N) is 3. The molecule has 24 heavy (non-hydrogen) atoms. The lowest BCUT2D eigenvalue weighted by Gasteiger charge is -2.15. The zero-order valence-electron chi connectivity index (χ0n) is 13.2. The monoisotopic (exact) mass is 335 g/mol. The molecular formula is C16H19F2N5O. The Morgan fingerprint density at radius 2 is 1.79 bits per heavy atom. The summed E-state index contributed by atoms with van der Waals surface area (Å²) in [6, 6.07) is 4.58. The predicted octanol–water partition coefficient (Wildman–Crippen LogP) is 2.10. The quantitative estimate of drug-likeness (QED) is 0.677. The highest BCUT2D eigenvalue weighted by Gasteiger charge is 2.14. The lowest BCUT2D eigenvalue weighted by Crippen LogP contribution is -2.43. The summed E-state index contributed by atoms with van der Waals surface area (Å²) in [6.07, 6.45) is 3.29. The van der Waals surface area contributed by atoms with E-state index in [1.54, 1.807) is 25.4 Å². The fraction of sp³-hybridized carbons (Fsp3) is 0.312. The summed E-state index contributed by atoms with van der Waals surface area (Å²) in [6.45, 7) is 2.49. The Balaban J connectivity index is 1.70. The molecule has 1 atom stereocenters. The van der Waals surface area contributed by atoms with Gasteiger partial charge in [-0.2, -0.15) is 0 Å². The molecule has 0 saturated carbocycles. The summed E-state index contributed by atoms with van der Waals surface area (Å²) in [5.74, 6) is -0.754. The summed E-state index contributed by atoms with van der Waals surface area (Å²) in [4.78, 5) is 19.7. The second-order valence-corrected chi connectivity index (χ2v) is 5.20. The maximum absolute atomic E-state index is 13.6. The van der Waals surface area contributed by atoms with Crippen LogP contribution in [-0.4, -0.2) is 35.1 Å². The molecule has 0 aliphatic carbocycles. The Kier molecular flexibility index (Phi) is 6.41. The van der Waals surface area contributed by atoms with Crippen molar-refractivity contribution in [2.24, 2.45) is 0 Å². The van der Waals surface area contributed by atoms with Crippen LogP contribution in [0.3, 0.4) is 0 Å². The first kappa shape index (κ1) is 17.6. The van der Waals surface area contributed by atoms with Gasteiger partial charge in [0.1, 0.15) is 11.6 Å². The summed E-state index contributed by atoms with van der Waals surface area (Å²) in [5.41, 5.74) is -0.0341. The van der Waals surface area contributed by atoms with Gasteiger partial charge >= 0.3 is 6.03 Å². The molecule has 2 rings (SSSR count). The third-order valence-electron chi connectivity index (χ3n) is 3.21. The minimum Gasteiger partial charge on any atom is -0.352 e. The summed E-state index contributed by atoms with van der Waals surface area (Å²) in [5, 5.41) is 8.23. The molecule has 6 nitrogen and oxygen atoms in total. The van der Waals surface area contributed by atoms with Gasteiger partial charge in [-0.3, -0.25) is 0 Å². The van der Waals surface area contributed by atoms with Gasteiger partial charge in [0, 0.05) is 37.1 Å². The number of rotatable bonds is 7. The van der Waals surface area contributed by atoms with Crippen LogP contribution in [0.1, 0.15) is 12.5 Å². The minimum absolute atomic E-state index is 0.0341. The van der Waals surface area contributed by atoms with E-state index in [4.69, 9.17) is 0 Å². The van der Waals surface area contributed by atoms with E-state index in [0.717, 1.165) is 0 Å². The van der Waals surface area contributed by atoms with Crippen molar-refractivity contribution in [1.29, 1.82) is 0 Å². The van der Waals surface area contributed by atoms with Gasteiger partial charge in [-0.25, -0.2) is 23.5 Å². The fourth-order valence-electron chi connectivity index (χ4n) is 2.10. The maximum atomic E-state index is 13.6. The normalized spacial score (nSPS) is 11.6. The van der Waals surface area contributed by atoms with Crippen LogP contribution in [0.5, 0.6) is 0 Å². The Morgan fingerprint density at radius 1 is 1.12 bits per heavy atom. The van der Waals surface area contributed by atoms with E-state index in [1.807, 2.05) is 0 Å². The van der Waals surface area contributed by atoms with Gasteiger partial charge in [0.2, 0.25) is 5.95 Å². The first-order chi connectivity index (χ1) is 11.6. The molecule has 3 N–H and O–H groups in total. The molecule has 0 saturated heterocycles. The molecule has 2 amide bonds. The number of urea groups is 1. The molecular weight excluding hydrogens is 316 g/mol. The molecule has 0 radical (unpaired) electrons. The van der Waals surface area contributed by atoms with Crippen molar-refractivity contribution in [2.75, 3.05) is 18.4 Å². The molecule has 0 bridgehead atoms. The maximum Gasteiger partial charge on any atom is 0.315 e. The summed E-state index contributed by atoms with van der Waals surface area (Å²) >= 11 is 0. The molecule has 0 aliphatic rings. The standard InChI is InChI=1S/C16H19F2N5O/c1-11(10-12-13(17)4-2-5-14(12)18)23-16(24)22-9-8-21-15-19-6-3-7-20-15/h2-7,11H,8-10H2,1H3,(H,19,20,21)(H2,22,23,24)/t11-/m1/s1. The minimum atomic E-state index is -0.615. The van der Waals surface area contributed by atoms with Crippen molar-refractivity contribution < 1.29 is 13.6 Å². The van der Waals surface area contributed by atoms with Gasteiger partial charge in [0.05, 0.1) is 0 Å². The van der Waals surface area contributed by atoms with E-state index in [2.05, 4.69) is 25.9 Å². The van der Waals surface area contributed by atoms with Crippen LogP contribution in [0, 0.1) is 11.6 Å². The van der Waals surface area contributed by atoms with E-state index < -0.39 is 23.7 Å². The second-order valence-electron chi connectivity index (χ2n) is 5.20. The Morgan fingerprint density at radius 3 is 2.46 bits per heavy atom. The lowest BCUT2D eigenvalue weighted by atomic mass is 10.1. The van der Waals surface area contributed by atoms with Crippen LogP contribution in [0.25, 0.3) is 0 Å². The molecule has 0 aliphatic heterocycles. The van der Waals surface area contributed by atoms with Crippen LogP contribution < -0.4 is 16.0 Å². The number of aromatic nitrogens is 2. The van der Waals surface area contributed by atoms with Crippen molar-refractivity contribution in [2.45, 2.75) is 19.4 Å². The Bertz CT molecular complexity index is 649. The zero-order chi connectivity index (χ0) is 17.4. The average molecular weight is 335 g/mol. The fourth-order valence-corrected chi connectivity index (χ4v) is 2.10. The predicted molar refractivity (Wildman–Crippen MR) is 86.6 cm³/mol. The topological polar surface area (TPSA) is 78.9 Å². The van der Waals surface area contributed by atoms with E-state index >= 15 is 0 Å². The van der Waals surface area contributed by atoms with Crippen LogP contribution in [-0.2, 0) is 6.42 Å². The Hall–Kier alpha value is -2.77. The molecule has 1 heterocycles. The molecule has 0 unspecified atom stereocenters. The smallest absolute Gasteiger partial charge is 0.315 e. The first-order valence-corrected chi connectivity index (χ1v) is 7.54. The van der Waals surface area contributed by atoms with E-state index in [1.165, 1.54) is 18.2 Å². The van der Waals surface area contributed by atoms with Crippen molar-refractivity contribution >= 4 is 12.0 Å². The van der Waals surface area contributed by atoms with Gasteiger partial charge in [-0.05, 0) is 31.5 Å². The number of hydrogen-bond donors (Lipinski definition) is 3. The highest BCUT2D eigenvalue weighted by molar-refractivity contribution is 5.74. The molecule has 2 aromatic rings. The number of carbonyl (C=O) groups excluding carboxylic acids is 1. The molecule has 0 spiro atoms. The number of carbonyl (C=O) groups is 1. The van der Waals surface area contributed by atoms with Crippen molar-refractivity contribution in [3.05, 3.63) is 53.9 Å². The van der Waals surface area contributed by atoms with E-state index in [0.29, 0.717) is 19.0 Å². The average Bonchev–Trinajstić information content (AvgIpc) is 2.56. The van der Waals surface area contributed by atoms with Gasteiger partial charge in [-0.15, -0.1) is 0 Å². The number of benzene rings is 1. The number of anilines is 1.